The second-order valence-corrected chi connectivity index (χ2v) is 6.45. The normalized spacial score (nSPS) is 14.0. The maximum atomic E-state index is 12.9. The molecule has 6 nitrogen and oxygen atoms in total. The van der Waals surface area contributed by atoms with Crippen LogP contribution >= 0.6 is 0 Å². The van der Waals surface area contributed by atoms with E-state index in [9.17, 15) is 9.59 Å². The van der Waals surface area contributed by atoms with Crippen molar-refractivity contribution in [2.75, 3.05) is 45.3 Å². The van der Waals surface area contributed by atoms with E-state index >= 15 is 0 Å². The van der Waals surface area contributed by atoms with Crippen molar-refractivity contribution in [2.24, 2.45) is 0 Å². The van der Waals surface area contributed by atoms with Crippen LogP contribution in [0.4, 0.5) is 5.69 Å². The zero-order valence-corrected chi connectivity index (χ0v) is 15.9. The number of methoxy groups -OCH3 is 2. The number of hydrogen-bond donors (Lipinski definition) is 0. The Hall–Kier alpha value is -3.02. The number of ether oxygens (including phenoxy) is 2. The molecule has 2 aromatic carbocycles. The molecule has 0 aromatic heterocycles. The number of carbonyl (C=O) groups is 2. The third kappa shape index (κ3) is 4.05. The van der Waals surface area contributed by atoms with Gasteiger partial charge in [0.25, 0.3) is 5.91 Å². The summed E-state index contributed by atoms with van der Waals surface area (Å²) in [5.74, 6) is 1.19. The largest absolute Gasteiger partial charge is 0.497 e. The van der Waals surface area contributed by atoms with Crippen LogP contribution < -0.4 is 14.4 Å². The Kier molecular flexibility index (Phi) is 5.64. The SMILES string of the molecule is COc1ccc(C(=O)N2CCN(c3ccc(C(C)=O)cc3)CC2)c(OC)c1. The number of ketones is 1. The van der Waals surface area contributed by atoms with Crippen molar-refractivity contribution in [3.63, 3.8) is 0 Å². The maximum Gasteiger partial charge on any atom is 0.257 e. The van der Waals surface area contributed by atoms with Crippen LogP contribution in [0.5, 0.6) is 11.5 Å². The molecule has 1 aliphatic rings. The molecule has 1 aliphatic heterocycles. The highest BCUT2D eigenvalue weighted by molar-refractivity contribution is 5.97. The molecule has 3 rings (SSSR count). The molecule has 0 bridgehead atoms. The van der Waals surface area contributed by atoms with E-state index in [0.717, 1.165) is 18.8 Å². The molecular weight excluding hydrogens is 344 g/mol. The molecule has 0 saturated carbocycles. The average molecular weight is 368 g/mol. The summed E-state index contributed by atoms with van der Waals surface area (Å²) >= 11 is 0. The number of carbonyl (C=O) groups excluding carboxylic acids is 2. The predicted octanol–water partition coefficient (Wildman–Crippen LogP) is 2.87. The first-order chi connectivity index (χ1) is 13.0. The van der Waals surface area contributed by atoms with E-state index in [-0.39, 0.29) is 11.7 Å². The summed E-state index contributed by atoms with van der Waals surface area (Å²) in [4.78, 5) is 28.4. The zero-order chi connectivity index (χ0) is 19.4. The lowest BCUT2D eigenvalue weighted by atomic mass is 10.1. The van der Waals surface area contributed by atoms with Crippen LogP contribution in [-0.2, 0) is 0 Å². The van der Waals surface area contributed by atoms with Crippen molar-refractivity contribution in [3.8, 4) is 11.5 Å². The topological polar surface area (TPSA) is 59.1 Å². The van der Waals surface area contributed by atoms with Gasteiger partial charge < -0.3 is 19.3 Å². The smallest absolute Gasteiger partial charge is 0.257 e. The van der Waals surface area contributed by atoms with Crippen molar-refractivity contribution >= 4 is 17.4 Å². The summed E-state index contributed by atoms with van der Waals surface area (Å²) in [7, 11) is 3.13. The van der Waals surface area contributed by atoms with Crippen molar-refractivity contribution in [1.82, 2.24) is 4.90 Å². The number of rotatable bonds is 5. The maximum absolute atomic E-state index is 12.9. The minimum absolute atomic E-state index is 0.0407. The first kappa shape index (κ1) is 18.8. The Bertz CT molecular complexity index is 825. The first-order valence-corrected chi connectivity index (χ1v) is 8.90. The van der Waals surface area contributed by atoms with Crippen molar-refractivity contribution in [2.45, 2.75) is 6.92 Å². The number of Topliss-reactive ketones (excluding diaryl/α,β-unsaturated/α-hetero) is 1. The van der Waals surface area contributed by atoms with Crippen molar-refractivity contribution in [3.05, 3.63) is 53.6 Å². The van der Waals surface area contributed by atoms with E-state index in [1.54, 1.807) is 39.3 Å². The van der Waals surface area contributed by atoms with Gasteiger partial charge in [0, 0.05) is 43.5 Å². The molecule has 0 atom stereocenters. The molecule has 0 unspecified atom stereocenters. The third-order valence-electron chi connectivity index (χ3n) is 4.84. The quantitative estimate of drug-likeness (QED) is 0.760. The van der Waals surface area contributed by atoms with E-state index in [1.807, 2.05) is 29.2 Å². The molecule has 0 N–H and O–H groups in total. The molecule has 6 heteroatoms. The standard InChI is InChI=1S/C21H24N2O4/c1-15(24)16-4-6-17(7-5-16)22-10-12-23(13-11-22)21(25)19-9-8-18(26-2)14-20(19)27-3/h4-9,14H,10-13H2,1-3H3. The number of nitrogens with zero attached hydrogens (tertiary/aromatic N) is 2. The molecule has 1 amide bonds. The predicted molar refractivity (Wildman–Crippen MR) is 104 cm³/mol. The molecule has 1 heterocycles. The number of anilines is 1. The second kappa shape index (κ2) is 8.12. The number of hydrogen-bond acceptors (Lipinski definition) is 5. The summed E-state index contributed by atoms with van der Waals surface area (Å²) in [6.45, 7) is 4.30. The molecule has 2 aromatic rings. The van der Waals surface area contributed by atoms with Gasteiger partial charge in [-0.25, -0.2) is 0 Å². The Morgan fingerprint density at radius 1 is 0.889 bits per heavy atom. The fourth-order valence-electron chi connectivity index (χ4n) is 3.22. The fourth-order valence-corrected chi connectivity index (χ4v) is 3.22. The van der Waals surface area contributed by atoms with Crippen molar-refractivity contribution < 1.29 is 19.1 Å². The number of amides is 1. The van der Waals surface area contributed by atoms with E-state index < -0.39 is 0 Å². The van der Waals surface area contributed by atoms with Gasteiger partial charge in [-0.15, -0.1) is 0 Å². The van der Waals surface area contributed by atoms with Crippen LogP contribution in [0.3, 0.4) is 0 Å². The van der Waals surface area contributed by atoms with Crippen LogP contribution in [0.25, 0.3) is 0 Å². The Morgan fingerprint density at radius 2 is 1.56 bits per heavy atom. The van der Waals surface area contributed by atoms with E-state index in [2.05, 4.69) is 4.90 Å². The third-order valence-corrected chi connectivity index (χ3v) is 4.84. The molecule has 0 aliphatic carbocycles. The van der Waals surface area contributed by atoms with E-state index in [1.165, 1.54) is 0 Å². The number of piperazine rings is 1. The van der Waals surface area contributed by atoms with Crippen LogP contribution in [0, 0.1) is 0 Å². The minimum Gasteiger partial charge on any atom is -0.497 e. The summed E-state index contributed by atoms with van der Waals surface area (Å²) in [6.07, 6.45) is 0. The van der Waals surface area contributed by atoms with Gasteiger partial charge in [-0.3, -0.25) is 9.59 Å². The minimum atomic E-state index is -0.0407. The molecule has 27 heavy (non-hydrogen) atoms. The summed E-state index contributed by atoms with van der Waals surface area (Å²) in [5.41, 5.74) is 2.31. The summed E-state index contributed by atoms with van der Waals surface area (Å²) in [6, 6.07) is 12.8. The molecule has 1 fully saturated rings. The van der Waals surface area contributed by atoms with Gasteiger partial charge in [0.1, 0.15) is 11.5 Å². The lowest BCUT2D eigenvalue weighted by Crippen LogP contribution is -2.48. The van der Waals surface area contributed by atoms with Crippen LogP contribution in [0.15, 0.2) is 42.5 Å². The second-order valence-electron chi connectivity index (χ2n) is 6.45. The fraction of sp³-hybridized carbons (Fsp3) is 0.333. The van der Waals surface area contributed by atoms with Crippen LogP contribution in [0.1, 0.15) is 27.6 Å². The molecule has 0 radical (unpaired) electrons. The van der Waals surface area contributed by atoms with E-state index in [4.69, 9.17) is 9.47 Å². The molecule has 0 spiro atoms. The Labute approximate surface area is 159 Å². The Balaban J connectivity index is 1.66. The van der Waals surface area contributed by atoms with Gasteiger partial charge in [-0.1, -0.05) is 0 Å². The van der Waals surface area contributed by atoms with Gasteiger partial charge in [-0.05, 0) is 43.3 Å². The van der Waals surface area contributed by atoms with E-state index in [0.29, 0.717) is 35.7 Å². The lowest BCUT2D eigenvalue weighted by molar-refractivity contribution is 0.0743. The molecule has 1 saturated heterocycles. The average Bonchev–Trinajstić information content (AvgIpc) is 2.73. The molecular formula is C21H24N2O4. The van der Waals surface area contributed by atoms with Gasteiger partial charge in [0.15, 0.2) is 5.78 Å². The van der Waals surface area contributed by atoms with Crippen LogP contribution in [0.2, 0.25) is 0 Å². The highest BCUT2D eigenvalue weighted by Gasteiger charge is 2.24. The van der Waals surface area contributed by atoms with Gasteiger partial charge in [0.05, 0.1) is 19.8 Å². The number of benzene rings is 2. The lowest BCUT2D eigenvalue weighted by Gasteiger charge is -2.36. The Morgan fingerprint density at radius 3 is 2.11 bits per heavy atom. The summed E-state index contributed by atoms with van der Waals surface area (Å²) < 4.78 is 10.5. The highest BCUT2D eigenvalue weighted by atomic mass is 16.5. The first-order valence-electron chi connectivity index (χ1n) is 8.90. The highest BCUT2D eigenvalue weighted by Crippen LogP contribution is 2.26. The van der Waals surface area contributed by atoms with Gasteiger partial charge in [-0.2, -0.15) is 0 Å². The van der Waals surface area contributed by atoms with Gasteiger partial charge >= 0.3 is 0 Å². The van der Waals surface area contributed by atoms with Crippen molar-refractivity contribution in [1.29, 1.82) is 0 Å². The van der Waals surface area contributed by atoms with Crippen LogP contribution in [-0.4, -0.2) is 57.0 Å². The van der Waals surface area contributed by atoms with Gasteiger partial charge in [0.2, 0.25) is 0 Å². The zero-order valence-electron chi connectivity index (χ0n) is 15.9. The monoisotopic (exact) mass is 368 g/mol. The molecule has 142 valence electrons. The summed E-state index contributed by atoms with van der Waals surface area (Å²) in [5, 5.41) is 0.